The monoisotopic (exact) mass is 390 g/mol. The van der Waals surface area contributed by atoms with Crippen LogP contribution < -0.4 is 4.90 Å². The highest BCUT2D eigenvalue weighted by atomic mass is 35.5. The van der Waals surface area contributed by atoms with Gasteiger partial charge in [-0.1, -0.05) is 41.9 Å². The molecule has 0 spiro atoms. The van der Waals surface area contributed by atoms with E-state index in [2.05, 4.69) is 4.99 Å². The first-order valence-electron chi connectivity index (χ1n) is 8.18. The maximum atomic E-state index is 12.9. The molecule has 5 nitrogen and oxygen atoms in total. The van der Waals surface area contributed by atoms with Crippen molar-refractivity contribution in [1.82, 2.24) is 0 Å². The maximum Gasteiger partial charge on any atom is 0.251 e. The number of fused-ring (bicyclic) bond motifs is 1. The van der Waals surface area contributed by atoms with Crippen LogP contribution in [0.1, 0.15) is 18.1 Å². The lowest BCUT2D eigenvalue weighted by Gasteiger charge is -2.24. The summed E-state index contributed by atoms with van der Waals surface area (Å²) < 4.78 is 23.2. The number of hydrogen-bond donors (Lipinski definition) is 0. The van der Waals surface area contributed by atoms with Crippen LogP contribution in [0.15, 0.2) is 53.5 Å². The Morgan fingerprint density at radius 1 is 1.15 bits per heavy atom. The summed E-state index contributed by atoms with van der Waals surface area (Å²) in [6, 6.07) is 14.1. The zero-order valence-corrected chi connectivity index (χ0v) is 16.1. The summed E-state index contributed by atoms with van der Waals surface area (Å²) in [5.74, 6) is -0.350. The van der Waals surface area contributed by atoms with E-state index in [0.717, 1.165) is 17.4 Å². The molecule has 1 unspecified atom stereocenters. The number of aliphatic imine (C=N–C) groups is 1. The second-order valence-electron chi connectivity index (χ2n) is 6.30. The van der Waals surface area contributed by atoms with Crippen molar-refractivity contribution < 1.29 is 13.2 Å². The molecule has 136 valence electrons. The number of anilines is 1. The molecule has 26 heavy (non-hydrogen) atoms. The third-order valence-electron chi connectivity index (χ3n) is 4.18. The second kappa shape index (κ2) is 7.21. The van der Waals surface area contributed by atoms with Crippen LogP contribution in [0.2, 0.25) is 5.02 Å². The van der Waals surface area contributed by atoms with Crippen molar-refractivity contribution in [2.75, 3.05) is 23.5 Å². The number of hydrogen-bond acceptors (Lipinski definition) is 4. The lowest BCUT2D eigenvalue weighted by molar-refractivity contribution is -0.119. The summed E-state index contributed by atoms with van der Waals surface area (Å²) in [6.45, 7) is 1.79. The molecule has 0 aromatic heterocycles. The number of halogens is 1. The van der Waals surface area contributed by atoms with Crippen LogP contribution in [0.25, 0.3) is 0 Å². The molecule has 2 aromatic carbocycles. The van der Waals surface area contributed by atoms with Crippen molar-refractivity contribution in [2.24, 2.45) is 4.99 Å². The zero-order chi connectivity index (χ0) is 18.9. The van der Waals surface area contributed by atoms with Crippen LogP contribution in [0.5, 0.6) is 0 Å². The quantitative estimate of drug-likeness (QED) is 0.806. The molecular formula is C19H19ClN2O3S. The molecule has 3 rings (SSSR count). The van der Waals surface area contributed by atoms with Gasteiger partial charge in [0.05, 0.1) is 17.2 Å². The minimum atomic E-state index is -3.21. The van der Waals surface area contributed by atoms with Crippen LogP contribution in [0.3, 0.4) is 0 Å². The summed E-state index contributed by atoms with van der Waals surface area (Å²) in [4.78, 5) is 19.0. The molecule has 0 aliphatic carbocycles. The van der Waals surface area contributed by atoms with Crippen molar-refractivity contribution in [2.45, 2.75) is 13.0 Å². The van der Waals surface area contributed by atoms with Gasteiger partial charge in [-0.2, -0.15) is 0 Å². The average Bonchev–Trinajstić information content (AvgIpc) is 2.69. The molecule has 0 N–H and O–H groups in total. The number of amides is 1. The highest BCUT2D eigenvalue weighted by Gasteiger charge is 2.30. The smallest absolute Gasteiger partial charge is 0.251 e. The van der Waals surface area contributed by atoms with Crippen LogP contribution in [0, 0.1) is 0 Å². The minimum Gasteiger partial charge on any atom is -0.309 e. The topological polar surface area (TPSA) is 66.8 Å². The fourth-order valence-corrected chi connectivity index (χ4v) is 3.60. The molecule has 1 aliphatic heterocycles. The third-order valence-corrected chi connectivity index (χ3v) is 5.34. The van der Waals surface area contributed by atoms with Crippen molar-refractivity contribution in [3.05, 3.63) is 64.7 Å². The first-order valence-corrected chi connectivity index (χ1v) is 10.6. The molecule has 0 saturated heterocycles. The van der Waals surface area contributed by atoms with Gasteiger partial charge >= 0.3 is 0 Å². The van der Waals surface area contributed by atoms with Crippen molar-refractivity contribution in [3.8, 4) is 0 Å². The predicted molar refractivity (Wildman–Crippen MR) is 105 cm³/mol. The van der Waals surface area contributed by atoms with E-state index in [4.69, 9.17) is 11.6 Å². The van der Waals surface area contributed by atoms with Crippen molar-refractivity contribution in [1.29, 1.82) is 0 Å². The molecule has 1 heterocycles. The highest BCUT2D eigenvalue weighted by molar-refractivity contribution is 7.90. The Morgan fingerprint density at radius 2 is 1.85 bits per heavy atom. The van der Waals surface area contributed by atoms with Gasteiger partial charge < -0.3 is 4.90 Å². The molecule has 0 bridgehead atoms. The number of benzene rings is 2. The van der Waals surface area contributed by atoms with Gasteiger partial charge in [-0.15, -0.1) is 0 Å². The Kier molecular flexibility index (Phi) is 5.16. The van der Waals surface area contributed by atoms with E-state index in [-0.39, 0.29) is 18.2 Å². The zero-order valence-electron chi connectivity index (χ0n) is 14.5. The summed E-state index contributed by atoms with van der Waals surface area (Å²) in [5.41, 5.74) is 2.89. The van der Waals surface area contributed by atoms with Gasteiger partial charge in [0.1, 0.15) is 15.9 Å². The van der Waals surface area contributed by atoms with Crippen LogP contribution in [0.4, 0.5) is 5.69 Å². The van der Waals surface area contributed by atoms with E-state index in [0.29, 0.717) is 16.4 Å². The van der Waals surface area contributed by atoms with Gasteiger partial charge in [0.15, 0.2) is 0 Å². The summed E-state index contributed by atoms with van der Waals surface area (Å²) in [7, 11) is -3.21. The van der Waals surface area contributed by atoms with Gasteiger partial charge in [-0.25, -0.2) is 8.42 Å². The largest absolute Gasteiger partial charge is 0.309 e. The van der Waals surface area contributed by atoms with E-state index in [9.17, 15) is 13.2 Å². The highest BCUT2D eigenvalue weighted by Crippen LogP contribution is 2.31. The molecule has 1 atom stereocenters. The van der Waals surface area contributed by atoms with Crippen LogP contribution in [-0.2, 0) is 14.6 Å². The number of sulfone groups is 1. The fourth-order valence-electron chi connectivity index (χ4n) is 2.91. The van der Waals surface area contributed by atoms with E-state index < -0.39 is 15.9 Å². The SMILES string of the molecule is CC1N=C(c2ccccc2)c2cc(Cl)ccc2N(CCS(C)(=O)=O)C1=O. The van der Waals surface area contributed by atoms with Crippen molar-refractivity contribution >= 4 is 38.7 Å². The molecule has 0 saturated carbocycles. The Bertz CT molecular complexity index is 972. The second-order valence-corrected chi connectivity index (χ2v) is 9.00. The van der Waals surface area contributed by atoms with Gasteiger partial charge in [0.2, 0.25) is 0 Å². The first kappa shape index (κ1) is 18.6. The van der Waals surface area contributed by atoms with E-state index in [1.54, 1.807) is 25.1 Å². The summed E-state index contributed by atoms with van der Waals surface area (Å²) in [5, 5.41) is 0.525. The fraction of sp³-hybridized carbons (Fsp3) is 0.263. The number of rotatable bonds is 4. The lowest BCUT2D eigenvalue weighted by atomic mass is 10.00. The number of carbonyl (C=O) groups excluding carboxylic acids is 1. The normalized spacial score (nSPS) is 17.5. The molecular weight excluding hydrogens is 372 g/mol. The Labute approximate surface area is 158 Å². The molecule has 2 aromatic rings. The van der Waals surface area contributed by atoms with Crippen molar-refractivity contribution in [3.63, 3.8) is 0 Å². The minimum absolute atomic E-state index is 0.0776. The van der Waals surface area contributed by atoms with Crippen LogP contribution >= 0.6 is 11.6 Å². The van der Waals surface area contributed by atoms with Crippen LogP contribution in [-0.4, -0.2) is 44.6 Å². The molecule has 0 radical (unpaired) electrons. The van der Waals surface area contributed by atoms with E-state index >= 15 is 0 Å². The van der Waals surface area contributed by atoms with Gasteiger partial charge in [-0.3, -0.25) is 9.79 Å². The van der Waals surface area contributed by atoms with E-state index in [1.807, 2.05) is 30.3 Å². The molecule has 0 fully saturated rings. The number of benzodiazepines with no additional fused rings is 1. The average molecular weight is 391 g/mol. The molecule has 1 amide bonds. The summed E-state index contributed by atoms with van der Waals surface area (Å²) >= 11 is 6.20. The summed E-state index contributed by atoms with van der Waals surface area (Å²) in [6.07, 6.45) is 1.16. The lowest BCUT2D eigenvalue weighted by Crippen LogP contribution is -2.39. The standard InChI is InChI=1S/C19H19ClN2O3S/c1-13-19(23)22(10-11-26(2,24)25)17-9-8-15(20)12-16(17)18(21-13)14-6-4-3-5-7-14/h3-9,12-13H,10-11H2,1-2H3. The van der Waals surface area contributed by atoms with E-state index in [1.165, 1.54) is 4.90 Å². The van der Waals surface area contributed by atoms with Gasteiger partial charge in [0.25, 0.3) is 5.91 Å². The maximum absolute atomic E-state index is 12.9. The van der Waals surface area contributed by atoms with Gasteiger partial charge in [-0.05, 0) is 25.1 Å². The predicted octanol–water partition coefficient (Wildman–Crippen LogP) is 2.96. The Morgan fingerprint density at radius 3 is 2.50 bits per heavy atom. The molecule has 1 aliphatic rings. The number of carbonyl (C=O) groups is 1. The Balaban J connectivity index is 2.16. The third kappa shape index (κ3) is 3.97. The molecule has 7 heteroatoms. The van der Waals surface area contributed by atoms with Gasteiger partial charge in [0, 0.05) is 29.0 Å². The first-order chi connectivity index (χ1) is 12.3. The Hall–Kier alpha value is -2.18. The number of nitrogens with zero attached hydrogens (tertiary/aromatic N) is 2.